The van der Waals surface area contributed by atoms with Gasteiger partial charge in [-0.3, -0.25) is 4.79 Å². The van der Waals surface area contributed by atoms with E-state index in [1.54, 1.807) is 0 Å². The van der Waals surface area contributed by atoms with Crippen molar-refractivity contribution >= 4 is 10.9 Å². The summed E-state index contributed by atoms with van der Waals surface area (Å²) in [4.78, 5) is 14.4. The van der Waals surface area contributed by atoms with Gasteiger partial charge in [-0.05, 0) is 42.0 Å². The topological polar surface area (TPSA) is 58.9 Å². The number of fused-ring (bicyclic) bond motifs is 1. The molecule has 1 heterocycles. The maximum Gasteiger partial charge on any atom is 0.252 e. The highest BCUT2D eigenvalue weighted by Crippen LogP contribution is 2.15. The monoisotopic (exact) mass is 230 g/mol. The highest BCUT2D eigenvalue weighted by molar-refractivity contribution is 5.79. The number of nitrogens with two attached hydrogens (primary N) is 1. The molecule has 0 aliphatic heterocycles. The van der Waals surface area contributed by atoms with Crippen molar-refractivity contribution in [2.75, 3.05) is 0 Å². The van der Waals surface area contributed by atoms with Crippen LogP contribution in [0.15, 0.2) is 29.1 Å². The molecule has 1 aromatic heterocycles. The molecule has 2 rings (SSSR count). The van der Waals surface area contributed by atoms with E-state index >= 15 is 0 Å². The van der Waals surface area contributed by atoms with Crippen molar-refractivity contribution in [3.63, 3.8) is 0 Å². The summed E-state index contributed by atoms with van der Waals surface area (Å²) in [5.41, 5.74) is 8.30. The molecule has 1 aromatic carbocycles. The van der Waals surface area contributed by atoms with Gasteiger partial charge in [-0.1, -0.05) is 19.4 Å². The van der Waals surface area contributed by atoms with Crippen molar-refractivity contribution in [2.45, 2.75) is 32.7 Å². The van der Waals surface area contributed by atoms with Crippen LogP contribution in [0.3, 0.4) is 0 Å². The number of pyridine rings is 1. The molecular weight excluding hydrogens is 212 g/mol. The molecule has 0 radical (unpaired) electrons. The molecular formula is C14H18N2O. The average molecular weight is 230 g/mol. The highest BCUT2D eigenvalue weighted by Gasteiger charge is 2.02. The van der Waals surface area contributed by atoms with Gasteiger partial charge >= 0.3 is 0 Å². The smallest absolute Gasteiger partial charge is 0.252 e. The maximum atomic E-state index is 11.6. The minimum atomic E-state index is -0.0821. The van der Waals surface area contributed by atoms with E-state index in [1.807, 2.05) is 12.1 Å². The van der Waals surface area contributed by atoms with Crippen molar-refractivity contribution in [3.05, 3.63) is 45.7 Å². The van der Waals surface area contributed by atoms with Crippen LogP contribution in [0.25, 0.3) is 10.9 Å². The van der Waals surface area contributed by atoms with Crippen LogP contribution in [0.2, 0.25) is 0 Å². The Morgan fingerprint density at radius 2 is 2.12 bits per heavy atom. The van der Waals surface area contributed by atoms with E-state index in [0.717, 1.165) is 17.3 Å². The molecule has 0 spiro atoms. The minimum Gasteiger partial charge on any atom is -0.326 e. The van der Waals surface area contributed by atoms with E-state index in [-0.39, 0.29) is 12.1 Å². The first kappa shape index (κ1) is 11.9. The van der Waals surface area contributed by atoms with Gasteiger partial charge < -0.3 is 10.7 Å². The zero-order chi connectivity index (χ0) is 12.3. The lowest BCUT2D eigenvalue weighted by Crippen LogP contribution is -2.15. The number of aryl methyl sites for hydroxylation is 1. The summed E-state index contributed by atoms with van der Waals surface area (Å²) >= 11 is 0. The van der Waals surface area contributed by atoms with Crippen LogP contribution in [0, 0.1) is 0 Å². The molecule has 0 fully saturated rings. The van der Waals surface area contributed by atoms with E-state index in [2.05, 4.69) is 24.0 Å². The van der Waals surface area contributed by atoms with Gasteiger partial charge in [-0.15, -0.1) is 0 Å². The Morgan fingerprint density at radius 1 is 1.29 bits per heavy atom. The summed E-state index contributed by atoms with van der Waals surface area (Å²) in [5, 5.41) is 1.07. The number of H-pyrrole nitrogens is 1. The van der Waals surface area contributed by atoms with Gasteiger partial charge in [0.2, 0.25) is 0 Å². The summed E-state index contributed by atoms with van der Waals surface area (Å²) in [7, 11) is 0. The predicted molar refractivity (Wildman–Crippen MR) is 71.1 cm³/mol. The number of nitrogens with one attached hydrogen (secondary N) is 1. The Kier molecular flexibility index (Phi) is 3.59. The van der Waals surface area contributed by atoms with Gasteiger partial charge in [0.1, 0.15) is 0 Å². The van der Waals surface area contributed by atoms with Gasteiger partial charge in [-0.25, -0.2) is 0 Å². The number of rotatable bonds is 4. The summed E-state index contributed by atoms with van der Waals surface area (Å²) in [5.74, 6) is 0. The van der Waals surface area contributed by atoms with E-state index in [1.165, 1.54) is 18.4 Å². The summed E-state index contributed by atoms with van der Waals surface area (Å²) in [6, 6.07) is 8.09. The molecule has 0 unspecified atom stereocenters. The molecule has 0 amide bonds. The number of aromatic nitrogens is 1. The molecule has 90 valence electrons. The molecule has 17 heavy (non-hydrogen) atoms. The maximum absolute atomic E-state index is 11.6. The van der Waals surface area contributed by atoms with Crippen LogP contribution in [0.1, 0.15) is 30.9 Å². The largest absolute Gasteiger partial charge is 0.326 e. The van der Waals surface area contributed by atoms with Crippen molar-refractivity contribution in [1.29, 1.82) is 0 Å². The predicted octanol–water partition coefficient (Wildman–Crippen LogP) is 2.33. The van der Waals surface area contributed by atoms with Crippen LogP contribution < -0.4 is 11.3 Å². The standard InChI is InChI=1S/C14H18N2O/c1-2-3-4-10-5-6-13-11(7-10)8-12(9-15)14(17)16-13/h5-8H,2-4,9,15H2,1H3,(H,16,17). The zero-order valence-corrected chi connectivity index (χ0v) is 10.1. The van der Waals surface area contributed by atoms with Crippen molar-refractivity contribution < 1.29 is 0 Å². The summed E-state index contributed by atoms with van der Waals surface area (Å²) < 4.78 is 0. The molecule has 0 saturated carbocycles. The zero-order valence-electron chi connectivity index (χ0n) is 10.1. The van der Waals surface area contributed by atoms with Crippen molar-refractivity contribution in [3.8, 4) is 0 Å². The normalized spacial score (nSPS) is 10.9. The number of benzene rings is 1. The fourth-order valence-electron chi connectivity index (χ4n) is 1.99. The van der Waals surface area contributed by atoms with Gasteiger partial charge in [0.25, 0.3) is 5.56 Å². The number of hydrogen-bond donors (Lipinski definition) is 2. The molecule has 3 N–H and O–H groups in total. The van der Waals surface area contributed by atoms with Gasteiger partial charge in [0.15, 0.2) is 0 Å². The van der Waals surface area contributed by atoms with E-state index in [4.69, 9.17) is 5.73 Å². The Morgan fingerprint density at radius 3 is 2.82 bits per heavy atom. The third kappa shape index (κ3) is 2.56. The average Bonchev–Trinajstić information content (AvgIpc) is 2.35. The van der Waals surface area contributed by atoms with Crippen LogP contribution >= 0.6 is 0 Å². The van der Waals surface area contributed by atoms with Gasteiger partial charge in [0.05, 0.1) is 0 Å². The first-order chi connectivity index (χ1) is 8.24. The number of aromatic amines is 1. The fraction of sp³-hybridized carbons (Fsp3) is 0.357. The molecule has 3 nitrogen and oxygen atoms in total. The van der Waals surface area contributed by atoms with Crippen LogP contribution in [-0.4, -0.2) is 4.98 Å². The van der Waals surface area contributed by atoms with Gasteiger partial charge in [-0.2, -0.15) is 0 Å². The van der Waals surface area contributed by atoms with E-state index in [9.17, 15) is 4.79 Å². The minimum absolute atomic E-state index is 0.0821. The Labute approximate surface area is 101 Å². The molecule has 0 atom stereocenters. The lowest BCUT2D eigenvalue weighted by atomic mass is 10.0. The molecule has 0 aliphatic rings. The summed E-state index contributed by atoms with van der Waals surface area (Å²) in [6.07, 6.45) is 3.47. The van der Waals surface area contributed by atoms with Crippen molar-refractivity contribution in [1.82, 2.24) is 4.98 Å². The Bertz CT molecular complexity index is 572. The van der Waals surface area contributed by atoms with Crippen LogP contribution in [0.4, 0.5) is 0 Å². The van der Waals surface area contributed by atoms with Gasteiger partial charge in [0, 0.05) is 17.6 Å². The fourth-order valence-corrected chi connectivity index (χ4v) is 1.99. The van der Waals surface area contributed by atoms with E-state index < -0.39 is 0 Å². The van der Waals surface area contributed by atoms with E-state index in [0.29, 0.717) is 5.56 Å². The first-order valence-electron chi connectivity index (χ1n) is 6.09. The quantitative estimate of drug-likeness (QED) is 0.847. The Hall–Kier alpha value is -1.61. The first-order valence-corrected chi connectivity index (χ1v) is 6.09. The number of unbranched alkanes of at least 4 members (excludes halogenated alkanes) is 1. The Balaban J connectivity index is 2.45. The lowest BCUT2D eigenvalue weighted by molar-refractivity contribution is 0.796. The summed E-state index contributed by atoms with van der Waals surface area (Å²) in [6.45, 7) is 2.47. The second-order valence-corrected chi connectivity index (χ2v) is 4.35. The second kappa shape index (κ2) is 5.15. The number of hydrogen-bond acceptors (Lipinski definition) is 2. The molecule has 0 saturated heterocycles. The lowest BCUT2D eigenvalue weighted by Gasteiger charge is -2.04. The highest BCUT2D eigenvalue weighted by atomic mass is 16.1. The SMILES string of the molecule is CCCCc1ccc2[nH]c(=O)c(CN)cc2c1. The van der Waals surface area contributed by atoms with Crippen LogP contribution in [0.5, 0.6) is 0 Å². The van der Waals surface area contributed by atoms with Crippen LogP contribution in [-0.2, 0) is 13.0 Å². The molecule has 2 aromatic rings. The molecule has 0 aliphatic carbocycles. The third-order valence-corrected chi connectivity index (χ3v) is 3.02. The second-order valence-electron chi connectivity index (χ2n) is 4.35. The van der Waals surface area contributed by atoms with Crippen molar-refractivity contribution in [2.24, 2.45) is 5.73 Å². The molecule has 3 heteroatoms. The third-order valence-electron chi connectivity index (χ3n) is 3.02. The molecule has 0 bridgehead atoms.